The van der Waals surface area contributed by atoms with Crippen LogP contribution in [0.3, 0.4) is 0 Å². The number of sulfonamides is 1. The van der Waals surface area contributed by atoms with Crippen molar-refractivity contribution < 1.29 is 17.6 Å². The van der Waals surface area contributed by atoms with E-state index in [-0.39, 0.29) is 33.6 Å². The summed E-state index contributed by atoms with van der Waals surface area (Å²) in [6.07, 6.45) is 4.59. The van der Waals surface area contributed by atoms with Crippen LogP contribution in [0, 0.1) is 0 Å². The SMILES string of the molecule is CCC[C@@H](CNC(=O)CSc1nnc(-c2cccc(S(=O)(=O)N3CCCCC3)c2)o1)c1ccc(Cl)cc1Cl. The van der Waals surface area contributed by atoms with Crippen LogP contribution in [0.1, 0.15) is 50.5 Å². The third-order valence-corrected chi connectivity index (χ3v) is 9.63. The summed E-state index contributed by atoms with van der Waals surface area (Å²) in [7, 11) is -3.58. The number of aromatic nitrogens is 2. The molecule has 1 aliphatic rings. The lowest BCUT2D eigenvalue weighted by Crippen LogP contribution is -2.35. The molecule has 12 heteroatoms. The molecule has 0 aliphatic carbocycles. The number of amides is 1. The molecule has 0 radical (unpaired) electrons. The Balaban J connectivity index is 1.34. The second-order valence-electron chi connectivity index (χ2n) is 9.11. The van der Waals surface area contributed by atoms with Gasteiger partial charge in [-0.05, 0) is 55.2 Å². The van der Waals surface area contributed by atoms with E-state index in [0.717, 1.165) is 49.4 Å². The average Bonchev–Trinajstić information content (AvgIpc) is 3.40. The molecule has 0 saturated carbocycles. The zero-order valence-electron chi connectivity index (χ0n) is 21.0. The van der Waals surface area contributed by atoms with Gasteiger partial charge in [-0.2, -0.15) is 4.31 Å². The minimum Gasteiger partial charge on any atom is -0.411 e. The number of piperidine rings is 1. The van der Waals surface area contributed by atoms with Crippen LogP contribution in [0.4, 0.5) is 0 Å². The Morgan fingerprint density at radius 2 is 1.92 bits per heavy atom. The maximum absolute atomic E-state index is 13.0. The van der Waals surface area contributed by atoms with Crippen LogP contribution in [0.15, 0.2) is 57.0 Å². The predicted molar refractivity (Wildman–Crippen MR) is 150 cm³/mol. The van der Waals surface area contributed by atoms with E-state index in [9.17, 15) is 13.2 Å². The van der Waals surface area contributed by atoms with Gasteiger partial charge in [0.05, 0.1) is 10.6 Å². The predicted octanol–water partition coefficient (Wildman–Crippen LogP) is 6.01. The van der Waals surface area contributed by atoms with Gasteiger partial charge in [-0.3, -0.25) is 4.79 Å². The van der Waals surface area contributed by atoms with Gasteiger partial charge in [0, 0.05) is 41.2 Å². The van der Waals surface area contributed by atoms with Crippen LogP contribution in [0.25, 0.3) is 11.5 Å². The first-order chi connectivity index (χ1) is 18.3. The Bertz CT molecular complexity index is 1360. The van der Waals surface area contributed by atoms with Crippen LogP contribution in [0.2, 0.25) is 10.0 Å². The lowest BCUT2D eigenvalue weighted by atomic mass is 9.94. The van der Waals surface area contributed by atoms with E-state index in [2.05, 4.69) is 22.4 Å². The van der Waals surface area contributed by atoms with Gasteiger partial charge in [-0.15, -0.1) is 10.2 Å². The molecular weight excluding hydrogens is 567 g/mol. The first-order valence-electron chi connectivity index (χ1n) is 12.6. The number of carbonyl (C=O) groups excluding carboxylic acids is 1. The Hall–Kier alpha value is -2.11. The zero-order chi connectivity index (χ0) is 27.1. The smallest absolute Gasteiger partial charge is 0.277 e. The van der Waals surface area contributed by atoms with Gasteiger partial charge in [0.1, 0.15) is 0 Å². The van der Waals surface area contributed by atoms with Gasteiger partial charge in [-0.1, -0.05) is 66.9 Å². The van der Waals surface area contributed by atoms with Crippen molar-refractivity contribution in [3.8, 4) is 11.5 Å². The number of nitrogens with one attached hydrogen (secondary N) is 1. The first-order valence-corrected chi connectivity index (χ1v) is 15.7. The largest absolute Gasteiger partial charge is 0.411 e. The van der Waals surface area contributed by atoms with Crippen molar-refractivity contribution in [3.63, 3.8) is 0 Å². The maximum Gasteiger partial charge on any atom is 0.277 e. The molecule has 1 N–H and O–H groups in total. The minimum atomic E-state index is -3.58. The van der Waals surface area contributed by atoms with E-state index in [1.54, 1.807) is 36.4 Å². The van der Waals surface area contributed by atoms with E-state index < -0.39 is 10.0 Å². The number of hydrogen-bond donors (Lipinski definition) is 1. The molecule has 2 aromatic carbocycles. The van der Waals surface area contributed by atoms with Crippen LogP contribution < -0.4 is 5.32 Å². The Kier molecular flexibility index (Phi) is 10.1. The molecule has 38 heavy (non-hydrogen) atoms. The zero-order valence-corrected chi connectivity index (χ0v) is 24.2. The van der Waals surface area contributed by atoms with Crippen molar-refractivity contribution in [1.82, 2.24) is 19.8 Å². The standard InChI is InChI=1S/C26H30Cl2N4O4S2/c1-2-7-19(22-11-10-20(27)15-23(22)28)16-29-24(33)17-37-26-31-30-25(36-26)18-8-6-9-21(14-18)38(34,35)32-12-4-3-5-13-32/h6,8-11,14-15,19H,2-5,7,12-13,16-17H2,1H3,(H,29,33)/t19-/m0/s1. The summed E-state index contributed by atoms with van der Waals surface area (Å²) in [4.78, 5) is 12.7. The molecule has 0 bridgehead atoms. The maximum atomic E-state index is 13.0. The molecule has 1 aromatic heterocycles. The van der Waals surface area contributed by atoms with Crippen LogP contribution in [0.5, 0.6) is 0 Å². The summed E-state index contributed by atoms with van der Waals surface area (Å²) in [6.45, 7) is 3.59. The van der Waals surface area contributed by atoms with E-state index in [4.69, 9.17) is 27.6 Å². The molecule has 0 unspecified atom stereocenters. The molecule has 1 aliphatic heterocycles. The number of nitrogens with zero attached hydrogens (tertiary/aromatic N) is 3. The van der Waals surface area contributed by atoms with Gasteiger partial charge in [-0.25, -0.2) is 8.42 Å². The van der Waals surface area contributed by atoms with Crippen molar-refractivity contribution >= 4 is 50.9 Å². The van der Waals surface area contributed by atoms with Gasteiger partial charge in [0.25, 0.3) is 5.22 Å². The fraction of sp³-hybridized carbons (Fsp3) is 0.423. The molecule has 1 amide bonds. The quantitative estimate of drug-likeness (QED) is 0.270. The van der Waals surface area contributed by atoms with Gasteiger partial charge in [0.2, 0.25) is 21.8 Å². The van der Waals surface area contributed by atoms with Crippen LogP contribution in [-0.4, -0.2) is 54.2 Å². The Labute approximate surface area is 237 Å². The topological polar surface area (TPSA) is 105 Å². The third kappa shape index (κ3) is 7.30. The van der Waals surface area contributed by atoms with Crippen molar-refractivity contribution in [2.24, 2.45) is 0 Å². The Morgan fingerprint density at radius 3 is 2.66 bits per heavy atom. The third-order valence-electron chi connectivity index (χ3n) is 6.35. The highest BCUT2D eigenvalue weighted by molar-refractivity contribution is 7.99. The molecule has 3 aromatic rings. The van der Waals surface area contributed by atoms with Crippen molar-refractivity contribution in [2.45, 2.75) is 55.1 Å². The fourth-order valence-corrected chi connectivity index (χ4v) is 7.11. The monoisotopic (exact) mass is 596 g/mol. The molecule has 1 fully saturated rings. The molecule has 1 saturated heterocycles. The van der Waals surface area contributed by atoms with E-state index >= 15 is 0 Å². The molecular formula is C26H30Cl2N4O4S2. The molecule has 0 spiro atoms. The summed E-state index contributed by atoms with van der Waals surface area (Å²) in [6, 6.07) is 11.9. The average molecular weight is 598 g/mol. The van der Waals surface area contributed by atoms with Crippen molar-refractivity contribution in [1.29, 1.82) is 0 Å². The van der Waals surface area contributed by atoms with E-state index in [1.807, 2.05) is 6.07 Å². The van der Waals surface area contributed by atoms with E-state index in [0.29, 0.717) is 35.2 Å². The molecule has 1 atom stereocenters. The van der Waals surface area contributed by atoms with Crippen LogP contribution in [-0.2, 0) is 14.8 Å². The number of halogens is 2. The lowest BCUT2D eigenvalue weighted by Gasteiger charge is -2.25. The molecule has 4 rings (SSSR count). The summed E-state index contributed by atoms with van der Waals surface area (Å²) in [5.41, 5.74) is 1.46. The lowest BCUT2D eigenvalue weighted by molar-refractivity contribution is -0.118. The number of benzene rings is 2. The van der Waals surface area contributed by atoms with Gasteiger partial charge < -0.3 is 9.73 Å². The number of rotatable bonds is 11. The number of thioether (sulfide) groups is 1. The van der Waals surface area contributed by atoms with E-state index in [1.165, 1.54) is 4.31 Å². The van der Waals surface area contributed by atoms with Gasteiger partial charge >= 0.3 is 0 Å². The first kappa shape index (κ1) is 28.9. The van der Waals surface area contributed by atoms with Gasteiger partial charge in [0.15, 0.2) is 0 Å². The second kappa shape index (κ2) is 13.3. The summed E-state index contributed by atoms with van der Waals surface area (Å²) >= 11 is 13.5. The highest BCUT2D eigenvalue weighted by atomic mass is 35.5. The summed E-state index contributed by atoms with van der Waals surface area (Å²) < 4.78 is 33.3. The normalized spacial score (nSPS) is 15.3. The number of hydrogen-bond acceptors (Lipinski definition) is 7. The molecule has 8 nitrogen and oxygen atoms in total. The second-order valence-corrected chi connectivity index (χ2v) is 12.8. The summed E-state index contributed by atoms with van der Waals surface area (Å²) in [5.74, 6) is 0.194. The van der Waals surface area contributed by atoms with Crippen LogP contribution >= 0.6 is 35.0 Å². The minimum absolute atomic E-state index is 0.0715. The number of carbonyl (C=O) groups is 1. The highest BCUT2D eigenvalue weighted by Gasteiger charge is 2.26. The summed E-state index contributed by atoms with van der Waals surface area (Å²) in [5, 5.41) is 12.4. The molecule has 204 valence electrons. The van der Waals surface area contributed by atoms with Crippen molar-refractivity contribution in [3.05, 3.63) is 58.1 Å². The highest BCUT2D eigenvalue weighted by Crippen LogP contribution is 2.31. The fourth-order valence-electron chi connectivity index (χ4n) is 4.39. The Morgan fingerprint density at radius 1 is 1.13 bits per heavy atom. The molecule has 2 heterocycles. The van der Waals surface area contributed by atoms with Crippen molar-refractivity contribution in [2.75, 3.05) is 25.4 Å².